The molecule has 0 aliphatic heterocycles. The predicted molar refractivity (Wildman–Crippen MR) is 82.9 cm³/mol. The van der Waals surface area contributed by atoms with Crippen LogP contribution in [0.3, 0.4) is 0 Å². The van der Waals surface area contributed by atoms with E-state index >= 15 is 0 Å². The Morgan fingerprint density at radius 3 is 2.33 bits per heavy atom. The van der Waals surface area contributed by atoms with Crippen LogP contribution in [0.15, 0.2) is 42.5 Å². The highest BCUT2D eigenvalue weighted by molar-refractivity contribution is 6.20. The molecule has 0 aliphatic carbocycles. The zero-order valence-electron chi connectivity index (χ0n) is 12.1. The van der Waals surface area contributed by atoms with E-state index in [1.54, 1.807) is 19.2 Å². The van der Waals surface area contributed by atoms with E-state index in [1.165, 1.54) is 18.7 Å². The summed E-state index contributed by atoms with van der Waals surface area (Å²) in [6.07, 6.45) is 1.56. The first kappa shape index (κ1) is 15.6. The van der Waals surface area contributed by atoms with Gasteiger partial charge in [-0.2, -0.15) is 0 Å². The van der Waals surface area contributed by atoms with Crippen LogP contribution in [0.5, 0.6) is 11.5 Å². The van der Waals surface area contributed by atoms with Crippen LogP contribution < -0.4 is 9.47 Å². The van der Waals surface area contributed by atoms with Gasteiger partial charge in [-0.1, -0.05) is 18.2 Å². The molecule has 0 amide bonds. The summed E-state index contributed by atoms with van der Waals surface area (Å²) >= 11 is 6.35. The number of hydrogen-bond acceptors (Lipinski definition) is 2. The fourth-order valence-corrected chi connectivity index (χ4v) is 2.37. The van der Waals surface area contributed by atoms with Crippen molar-refractivity contribution < 1.29 is 13.9 Å². The molecule has 0 saturated carbocycles. The molecule has 2 nitrogen and oxygen atoms in total. The molecule has 0 bridgehead atoms. The Bertz CT molecular complexity index is 584. The van der Waals surface area contributed by atoms with E-state index in [0.717, 1.165) is 24.2 Å². The number of alkyl halides is 1. The molecule has 0 aliphatic rings. The molecule has 1 atom stereocenters. The number of aryl methyl sites for hydroxylation is 1. The van der Waals surface area contributed by atoms with Gasteiger partial charge in [0.2, 0.25) is 0 Å². The average Bonchev–Trinajstić information content (AvgIpc) is 2.53. The lowest BCUT2D eigenvalue weighted by atomic mass is 10.0. The zero-order chi connectivity index (χ0) is 15.2. The molecule has 4 heteroatoms. The summed E-state index contributed by atoms with van der Waals surface area (Å²) in [6, 6.07) is 12.7. The SMILES string of the molecule is COc1ccc(CCC(Cl)c2ccc(OC)c(F)c2)cc1. The van der Waals surface area contributed by atoms with Crippen LogP contribution in [-0.4, -0.2) is 14.2 Å². The van der Waals surface area contributed by atoms with Gasteiger partial charge >= 0.3 is 0 Å². The third kappa shape index (κ3) is 4.11. The number of ether oxygens (including phenoxy) is 2. The van der Waals surface area contributed by atoms with Gasteiger partial charge in [0.25, 0.3) is 0 Å². The van der Waals surface area contributed by atoms with Crippen molar-refractivity contribution >= 4 is 11.6 Å². The van der Waals surface area contributed by atoms with E-state index in [-0.39, 0.29) is 16.9 Å². The Labute approximate surface area is 129 Å². The Morgan fingerprint density at radius 2 is 1.76 bits per heavy atom. The lowest BCUT2D eigenvalue weighted by molar-refractivity contribution is 0.386. The second-order valence-corrected chi connectivity index (χ2v) is 5.28. The van der Waals surface area contributed by atoms with Gasteiger partial charge in [-0.3, -0.25) is 0 Å². The predicted octanol–water partition coefficient (Wildman–Crippen LogP) is 4.76. The summed E-state index contributed by atoms with van der Waals surface area (Å²) < 4.78 is 23.7. The number of benzene rings is 2. The van der Waals surface area contributed by atoms with E-state index in [4.69, 9.17) is 21.1 Å². The Kier molecular flexibility index (Phi) is 5.45. The molecule has 2 aromatic carbocycles. The molecule has 0 radical (unpaired) electrons. The molecule has 21 heavy (non-hydrogen) atoms. The molecule has 0 spiro atoms. The quantitative estimate of drug-likeness (QED) is 0.717. The van der Waals surface area contributed by atoms with Gasteiger partial charge in [0.05, 0.1) is 19.6 Å². The third-order valence-electron chi connectivity index (χ3n) is 3.38. The summed E-state index contributed by atoms with van der Waals surface area (Å²) in [5.74, 6) is 0.682. The van der Waals surface area contributed by atoms with Gasteiger partial charge in [-0.05, 0) is 48.2 Å². The van der Waals surface area contributed by atoms with Crippen LogP contribution >= 0.6 is 11.6 Å². The van der Waals surface area contributed by atoms with Gasteiger partial charge in [0.1, 0.15) is 5.75 Å². The summed E-state index contributed by atoms with van der Waals surface area (Å²) in [5, 5.41) is -0.229. The molecule has 0 N–H and O–H groups in total. The summed E-state index contributed by atoms with van der Waals surface area (Å²) in [7, 11) is 3.09. The maximum Gasteiger partial charge on any atom is 0.165 e. The minimum absolute atomic E-state index is 0.229. The minimum Gasteiger partial charge on any atom is -0.497 e. The Hall–Kier alpha value is -1.74. The molecule has 0 aromatic heterocycles. The zero-order valence-corrected chi connectivity index (χ0v) is 12.9. The molecule has 112 valence electrons. The Balaban J connectivity index is 1.97. The molecule has 0 saturated heterocycles. The minimum atomic E-state index is -0.384. The van der Waals surface area contributed by atoms with E-state index in [9.17, 15) is 4.39 Å². The van der Waals surface area contributed by atoms with Crippen LogP contribution in [0.2, 0.25) is 0 Å². The fraction of sp³-hybridized carbons (Fsp3) is 0.294. The van der Waals surface area contributed by atoms with Crippen molar-refractivity contribution in [2.45, 2.75) is 18.2 Å². The number of rotatable bonds is 6. The molecule has 0 heterocycles. The van der Waals surface area contributed by atoms with Crippen LogP contribution in [0.4, 0.5) is 4.39 Å². The van der Waals surface area contributed by atoms with Crippen molar-refractivity contribution in [3.63, 3.8) is 0 Å². The highest BCUT2D eigenvalue weighted by Crippen LogP contribution is 2.29. The highest BCUT2D eigenvalue weighted by atomic mass is 35.5. The second-order valence-electron chi connectivity index (χ2n) is 4.75. The molecule has 0 fully saturated rings. The van der Waals surface area contributed by atoms with Crippen molar-refractivity contribution in [1.82, 2.24) is 0 Å². The topological polar surface area (TPSA) is 18.5 Å². The van der Waals surface area contributed by atoms with Gasteiger partial charge < -0.3 is 9.47 Å². The third-order valence-corrected chi connectivity index (χ3v) is 3.85. The van der Waals surface area contributed by atoms with Crippen molar-refractivity contribution in [2.24, 2.45) is 0 Å². The molecular weight excluding hydrogens is 291 g/mol. The molecule has 1 unspecified atom stereocenters. The fourth-order valence-electron chi connectivity index (χ4n) is 2.13. The first-order valence-corrected chi connectivity index (χ1v) is 7.18. The number of hydrogen-bond donors (Lipinski definition) is 0. The largest absolute Gasteiger partial charge is 0.497 e. The van der Waals surface area contributed by atoms with Crippen molar-refractivity contribution in [3.8, 4) is 11.5 Å². The van der Waals surface area contributed by atoms with Crippen LogP contribution in [-0.2, 0) is 6.42 Å². The molecular formula is C17H18ClFO2. The van der Waals surface area contributed by atoms with Gasteiger partial charge in [0, 0.05) is 0 Å². The van der Waals surface area contributed by atoms with Gasteiger partial charge in [0.15, 0.2) is 11.6 Å². The number of halogens is 2. The normalized spacial score (nSPS) is 12.0. The van der Waals surface area contributed by atoms with Crippen LogP contribution in [0.1, 0.15) is 22.9 Å². The van der Waals surface area contributed by atoms with Gasteiger partial charge in [-0.25, -0.2) is 4.39 Å². The Morgan fingerprint density at radius 1 is 1.05 bits per heavy atom. The van der Waals surface area contributed by atoms with E-state index in [2.05, 4.69) is 0 Å². The average molecular weight is 309 g/mol. The summed E-state index contributed by atoms with van der Waals surface area (Å²) in [4.78, 5) is 0. The standard InChI is InChI=1S/C17H18ClFO2/c1-20-14-7-3-12(4-8-14)5-9-15(18)13-6-10-17(21-2)16(19)11-13/h3-4,6-8,10-11,15H,5,9H2,1-2H3. The molecule has 2 rings (SSSR count). The van der Waals surface area contributed by atoms with Crippen molar-refractivity contribution in [1.29, 1.82) is 0 Å². The monoisotopic (exact) mass is 308 g/mol. The first-order valence-electron chi connectivity index (χ1n) is 6.74. The van der Waals surface area contributed by atoms with Crippen LogP contribution in [0.25, 0.3) is 0 Å². The maximum absolute atomic E-state index is 13.7. The van der Waals surface area contributed by atoms with Crippen LogP contribution in [0, 0.1) is 5.82 Å². The van der Waals surface area contributed by atoms with E-state index in [1.807, 2.05) is 24.3 Å². The second kappa shape index (κ2) is 7.32. The number of methoxy groups -OCH3 is 2. The van der Waals surface area contributed by atoms with E-state index < -0.39 is 0 Å². The van der Waals surface area contributed by atoms with Crippen molar-refractivity contribution in [2.75, 3.05) is 14.2 Å². The summed E-state index contributed by atoms with van der Waals surface area (Å²) in [5.41, 5.74) is 1.94. The molecule has 2 aromatic rings. The first-order chi connectivity index (χ1) is 10.1. The lowest BCUT2D eigenvalue weighted by Crippen LogP contribution is -1.96. The highest BCUT2D eigenvalue weighted by Gasteiger charge is 2.11. The van der Waals surface area contributed by atoms with Crippen molar-refractivity contribution in [3.05, 3.63) is 59.4 Å². The van der Waals surface area contributed by atoms with E-state index in [0.29, 0.717) is 0 Å². The lowest BCUT2D eigenvalue weighted by Gasteiger charge is -2.11. The van der Waals surface area contributed by atoms with Gasteiger partial charge in [-0.15, -0.1) is 11.6 Å². The smallest absolute Gasteiger partial charge is 0.165 e. The summed E-state index contributed by atoms with van der Waals surface area (Å²) in [6.45, 7) is 0. The maximum atomic E-state index is 13.7.